The van der Waals surface area contributed by atoms with Crippen LogP contribution in [0.3, 0.4) is 0 Å². The van der Waals surface area contributed by atoms with Crippen LogP contribution in [0, 0.1) is 0 Å². The molecule has 4 heteroatoms. The minimum absolute atomic E-state index is 0.883. The zero-order valence-electron chi connectivity index (χ0n) is 25.7. The van der Waals surface area contributed by atoms with E-state index in [0.717, 1.165) is 50.2 Å². The van der Waals surface area contributed by atoms with Gasteiger partial charge in [0.05, 0.1) is 15.7 Å². The topological polar surface area (TPSA) is 21.3 Å². The molecular weight excluding hydrogens is 605 g/mol. The minimum Gasteiger partial charge on any atom is -0.454 e. The lowest BCUT2D eigenvalue weighted by atomic mass is 9.98. The molecule has 11 rings (SSSR count). The molecule has 0 atom stereocenters. The SMILES string of the molecule is c1ccc(N(c2ccccc2)c2ccc3oc4c(cc5ccc6cc7c8ccccc8sc7c7c6c5c4n7-c4ccccc4)c3c2)cc1. The van der Waals surface area contributed by atoms with E-state index in [9.17, 15) is 0 Å². The highest BCUT2D eigenvalue weighted by Gasteiger charge is 2.26. The molecule has 0 aliphatic carbocycles. The molecule has 11 aromatic rings. The van der Waals surface area contributed by atoms with Crippen molar-refractivity contribution in [3.63, 3.8) is 0 Å². The number of hydrogen-bond acceptors (Lipinski definition) is 3. The maximum Gasteiger partial charge on any atom is 0.160 e. The van der Waals surface area contributed by atoms with Crippen molar-refractivity contribution in [1.29, 1.82) is 0 Å². The summed E-state index contributed by atoms with van der Waals surface area (Å²) in [7, 11) is 0. The van der Waals surface area contributed by atoms with Crippen molar-refractivity contribution in [2.24, 2.45) is 0 Å². The third kappa shape index (κ3) is 3.52. The molecule has 3 nitrogen and oxygen atoms in total. The molecule has 0 radical (unpaired) electrons. The number of rotatable bonds is 4. The summed E-state index contributed by atoms with van der Waals surface area (Å²) in [5.41, 5.74) is 8.62. The van der Waals surface area contributed by atoms with Gasteiger partial charge in [0.15, 0.2) is 5.58 Å². The number of furan rings is 1. The zero-order chi connectivity index (χ0) is 31.3. The molecule has 3 aromatic heterocycles. The summed E-state index contributed by atoms with van der Waals surface area (Å²) in [4.78, 5) is 2.31. The number of para-hydroxylation sites is 3. The summed E-state index contributed by atoms with van der Waals surface area (Å²) >= 11 is 1.88. The lowest BCUT2D eigenvalue weighted by molar-refractivity contribution is 0.671. The van der Waals surface area contributed by atoms with Crippen molar-refractivity contribution in [3.05, 3.63) is 158 Å². The number of hydrogen-bond donors (Lipinski definition) is 0. The maximum atomic E-state index is 6.93. The van der Waals surface area contributed by atoms with Crippen LogP contribution in [0.1, 0.15) is 0 Å². The van der Waals surface area contributed by atoms with E-state index in [1.165, 1.54) is 47.2 Å². The first-order valence-corrected chi connectivity index (χ1v) is 17.1. The van der Waals surface area contributed by atoms with E-state index >= 15 is 0 Å². The fourth-order valence-electron chi connectivity index (χ4n) is 7.85. The quantitative estimate of drug-likeness (QED) is 0.180. The van der Waals surface area contributed by atoms with Gasteiger partial charge in [-0.15, -0.1) is 11.3 Å². The van der Waals surface area contributed by atoms with Crippen LogP contribution in [0.25, 0.3) is 80.4 Å². The number of thiophene rings is 1. The Morgan fingerprint density at radius 1 is 0.479 bits per heavy atom. The Morgan fingerprint density at radius 3 is 1.83 bits per heavy atom. The third-order valence-corrected chi connectivity index (χ3v) is 11.1. The molecule has 8 aromatic carbocycles. The standard InChI is InChI=1S/C44H26N2OS/c1-4-12-29(13-5-1)45(30-14-6-2-7-15-30)32-22-23-37-34(26-32)35-24-27-20-21-28-25-36-33-18-10-11-19-38(33)48-44(36)42-40(28)39(27)41(43(35)47-37)46(42)31-16-8-3-9-17-31/h1-26H. The van der Waals surface area contributed by atoms with E-state index in [2.05, 4.69) is 167 Å². The summed E-state index contributed by atoms with van der Waals surface area (Å²) < 4.78 is 12.0. The lowest BCUT2D eigenvalue weighted by Gasteiger charge is -2.25. The normalized spacial score (nSPS) is 12.2. The van der Waals surface area contributed by atoms with Gasteiger partial charge in [0, 0.05) is 59.8 Å². The van der Waals surface area contributed by atoms with Gasteiger partial charge in [0.1, 0.15) is 5.58 Å². The molecule has 0 amide bonds. The number of fused-ring (bicyclic) bond motifs is 8. The van der Waals surface area contributed by atoms with Crippen molar-refractivity contribution in [3.8, 4) is 5.69 Å². The van der Waals surface area contributed by atoms with Gasteiger partial charge in [-0.25, -0.2) is 0 Å². The smallest absolute Gasteiger partial charge is 0.160 e. The molecule has 0 bridgehead atoms. The molecular formula is C44H26N2OS. The second kappa shape index (κ2) is 9.71. The van der Waals surface area contributed by atoms with Crippen LogP contribution in [-0.4, -0.2) is 4.57 Å². The van der Waals surface area contributed by atoms with Crippen molar-refractivity contribution in [1.82, 2.24) is 4.57 Å². The van der Waals surface area contributed by atoms with E-state index in [0.29, 0.717) is 0 Å². The van der Waals surface area contributed by atoms with E-state index in [-0.39, 0.29) is 0 Å². The summed E-state index contributed by atoms with van der Waals surface area (Å²) in [5.74, 6) is 0. The van der Waals surface area contributed by atoms with Gasteiger partial charge in [-0.2, -0.15) is 0 Å². The van der Waals surface area contributed by atoms with Crippen LogP contribution in [0.15, 0.2) is 162 Å². The Kier molecular flexibility index (Phi) is 5.26. The van der Waals surface area contributed by atoms with Gasteiger partial charge < -0.3 is 13.9 Å². The van der Waals surface area contributed by atoms with Gasteiger partial charge in [-0.3, -0.25) is 0 Å². The second-order valence-corrected chi connectivity index (χ2v) is 13.6. The Hall–Kier alpha value is -6.10. The molecule has 0 fully saturated rings. The number of nitrogens with zero attached hydrogens (tertiary/aromatic N) is 2. The predicted molar refractivity (Wildman–Crippen MR) is 204 cm³/mol. The molecule has 0 saturated carbocycles. The van der Waals surface area contributed by atoms with Gasteiger partial charge in [0.25, 0.3) is 0 Å². The monoisotopic (exact) mass is 630 g/mol. The molecule has 0 spiro atoms. The lowest BCUT2D eigenvalue weighted by Crippen LogP contribution is -2.09. The van der Waals surface area contributed by atoms with E-state index < -0.39 is 0 Å². The Morgan fingerprint density at radius 2 is 1.10 bits per heavy atom. The number of anilines is 3. The largest absolute Gasteiger partial charge is 0.454 e. The summed E-state index contributed by atoms with van der Waals surface area (Å²) in [6.07, 6.45) is 0. The Balaban J connectivity index is 1.28. The van der Waals surface area contributed by atoms with Gasteiger partial charge in [0.2, 0.25) is 0 Å². The minimum atomic E-state index is 0.883. The molecule has 3 heterocycles. The first-order chi connectivity index (χ1) is 23.8. The third-order valence-electron chi connectivity index (χ3n) is 9.87. The van der Waals surface area contributed by atoms with Crippen LogP contribution in [0.5, 0.6) is 0 Å². The molecule has 0 N–H and O–H groups in total. The van der Waals surface area contributed by atoms with Crippen LogP contribution in [0.2, 0.25) is 0 Å². The highest BCUT2D eigenvalue weighted by Crippen LogP contribution is 2.50. The fraction of sp³-hybridized carbons (Fsp3) is 0. The Bertz CT molecular complexity index is 2950. The maximum absolute atomic E-state index is 6.93. The van der Waals surface area contributed by atoms with Crippen LogP contribution in [0.4, 0.5) is 17.1 Å². The zero-order valence-corrected chi connectivity index (χ0v) is 26.5. The van der Waals surface area contributed by atoms with Crippen molar-refractivity contribution < 1.29 is 4.42 Å². The van der Waals surface area contributed by atoms with E-state index in [4.69, 9.17) is 4.42 Å². The van der Waals surface area contributed by atoms with Crippen molar-refractivity contribution >= 4 is 103 Å². The van der Waals surface area contributed by atoms with Crippen molar-refractivity contribution in [2.45, 2.75) is 0 Å². The molecule has 0 unspecified atom stereocenters. The second-order valence-electron chi connectivity index (χ2n) is 12.5. The van der Waals surface area contributed by atoms with Gasteiger partial charge in [-0.05, 0) is 83.6 Å². The number of benzene rings is 8. The van der Waals surface area contributed by atoms with Crippen LogP contribution in [-0.2, 0) is 0 Å². The first-order valence-electron chi connectivity index (χ1n) is 16.3. The predicted octanol–water partition coefficient (Wildman–Crippen LogP) is 13.1. The summed E-state index contributed by atoms with van der Waals surface area (Å²) in [6, 6.07) is 56.6. The van der Waals surface area contributed by atoms with Crippen molar-refractivity contribution in [2.75, 3.05) is 4.90 Å². The van der Waals surface area contributed by atoms with E-state index in [1.807, 2.05) is 11.3 Å². The molecule has 224 valence electrons. The van der Waals surface area contributed by atoms with Crippen LogP contribution >= 0.6 is 11.3 Å². The highest BCUT2D eigenvalue weighted by molar-refractivity contribution is 7.26. The average Bonchev–Trinajstić information content (AvgIpc) is 3.82. The number of aromatic nitrogens is 1. The molecule has 0 saturated heterocycles. The van der Waals surface area contributed by atoms with Gasteiger partial charge in [-0.1, -0.05) is 84.9 Å². The first kappa shape index (κ1) is 26.0. The highest BCUT2D eigenvalue weighted by atomic mass is 32.1. The molecule has 0 aliphatic heterocycles. The fourth-order valence-corrected chi connectivity index (χ4v) is 9.07. The van der Waals surface area contributed by atoms with Gasteiger partial charge >= 0.3 is 0 Å². The molecule has 0 aliphatic rings. The summed E-state index contributed by atoms with van der Waals surface area (Å²) in [5, 5.41) is 9.87. The molecule has 48 heavy (non-hydrogen) atoms. The summed E-state index contributed by atoms with van der Waals surface area (Å²) in [6.45, 7) is 0. The average molecular weight is 631 g/mol. The Labute approximate surface area is 279 Å². The van der Waals surface area contributed by atoms with E-state index in [1.54, 1.807) is 0 Å². The van der Waals surface area contributed by atoms with Crippen LogP contribution < -0.4 is 4.90 Å².